The molecule has 2 heteroatoms. The summed E-state index contributed by atoms with van der Waals surface area (Å²) in [5.41, 5.74) is 4.64. The van der Waals surface area contributed by atoms with Gasteiger partial charge in [-0.3, -0.25) is 4.79 Å². The van der Waals surface area contributed by atoms with E-state index < -0.39 is 0 Å². The molecule has 0 unspecified atom stereocenters. The first kappa shape index (κ1) is 17.3. The fraction of sp³-hybridized carbons (Fsp3) is 0.591. The van der Waals surface area contributed by atoms with Crippen molar-refractivity contribution in [2.24, 2.45) is 11.8 Å². The summed E-state index contributed by atoms with van der Waals surface area (Å²) in [4.78, 5) is 11.0. The average Bonchev–Trinajstić information content (AvgIpc) is 3.06. The van der Waals surface area contributed by atoms with Crippen LogP contribution in [-0.2, 0) is 22.4 Å². The highest BCUT2D eigenvalue weighted by molar-refractivity contribution is 5.65. The van der Waals surface area contributed by atoms with Gasteiger partial charge in [0.2, 0.25) is 0 Å². The van der Waals surface area contributed by atoms with E-state index in [0.29, 0.717) is 18.4 Å². The van der Waals surface area contributed by atoms with Crippen LogP contribution in [0.3, 0.4) is 0 Å². The predicted molar refractivity (Wildman–Crippen MR) is 98.1 cm³/mol. The van der Waals surface area contributed by atoms with Crippen molar-refractivity contribution in [3.8, 4) is 0 Å². The molecule has 1 aromatic rings. The van der Waals surface area contributed by atoms with Crippen molar-refractivity contribution in [2.45, 2.75) is 64.2 Å². The molecule has 0 spiro atoms. The van der Waals surface area contributed by atoms with Gasteiger partial charge in [-0.15, -0.1) is 6.58 Å². The Balaban J connectivity index is 1.59. The standard InChI is InChI=1S/C22H30O2/c1-3-4-5-17-6-8-21-14-22(11-10-20(21)12-17)19-9-7-18(13-19)15-24-16(2)23/h3,10-11,14,17-19H,1,4-9,12-13,15H2,2H3/t17-,18+,19+/m1/s1. The SMILES string of the molecule is C=CCC[C@@H]1CCc2cc([C@H]3CC[C@H](COC(C)=O)C3)ccc2C1. The van der Waals surface area contributed by atoms with E-state index in [-0.39, 0.29) is 5.97 Å². The lowest BCUT2D eigenvalue weighted by atomic mass is 9.80. The third kappa shape index (κ3) is 4.28. The van der Waals surface area contributed by atoms with Gasteiger partial charge in [0.25, 0.3) is 0 Å². The van der Waals surface area contributed by atoms with Gasteiger partial charge in [-0.2, -0.15) is 0 Å². The Morgan fingerprint density at radius 2 is 2.12 bits per heavy atom. The van der Waals surface area contributed by atoms with E-state index in [4.69, 9.17) is 4.74 Å². The summed E-state index contributed by atoms with van der Waals surface area (Å²) in [7, 11) is 0. The van der Waals surface area contributed by atoms with Crippen LogP contribution >= 0.6 is 0 Å². The van der Waals surface area contributed by atoms with E-state index in [2.05, 4.69) is 24.8 Å². The maximum absolute atomic E-state index is 11.0. The summed E-state index contributed by atoms with van der Waals surface area (Å²) in [5, 5.41) is 0. The summed E-state index contributed by atoms with van der Waals surface area (Å²) in [6, 6.07) is 7.20. The molecule has 1 saturated carbocycles. The van der Waals surface area contributed by atoms with Gasteiger partial charge in [-0.1, -0.05) is 24.3 Å². The zero-order chi connectivity index (χ0) is 16.9. The quantitative estimate of drug-likeness (QED) is 0.530. The number of carbonyl (C=O) groups excluding carboxylic acids is 1. The van der Waals surface area contributed by atoms with Crippen molar-refractivity contribution in [3.63, 3.8) is 0 Å². The van der Waals surface area contributed by atoms with Gasteiger partial charge in [0.1, 0.15) is 0 Å². The van der Waals surface area contributed by atoms with Crippen LogP contribution in [0.15, 0.2) is 30.9 Å². The van der Waals surface area contributed by atoms with E-state index in [1.165, 1.54) is 51.0 Å². The van der Waals surface area contributed by atoms with Gasteiger partial charge in [0, 0.05) is 6.92 Å². The third-order valence-electron chi connectivity index (χ3n) is 5.87. The molecule has 0 saturated heterocycles. The molecule has 2 aliphatic rings. The summed E-state index contributed by atoms with van der Waals surface area (Å²) < 4.78 is 5.20. The monoisotopic (exact) mass is 326 g/mol. The van der Waals surface area contributed by atoms with Gasteiger partial charge in [-0.25, -0.2) is 0 Å². The molecular weight excluding hydrogens is 296 g/mol. The van der Waals surface area contributed by atoms with Gasteiger partial charge in [0.15, 0.2) is 0 Å². The van der Waals surface area contributed by atoms with E-state index in [1.54, 1.807) is 11.1 Å². The zero-order valence-corrected chi connectivity index (χ0v) is 14.9. The molecule has 3 rings (SSSR count). The maximum atomic E-state index is 11.0. The molecule has 0 aromatic heterocycles. The van der Waals surface area contributed by atoms with Crippen molar-refractivity contribution < 1.29 is 9.53 Å². The molecule has 0 heterocycles. The van der Waals surface area contributed by atoms with Crippen LogP contribution in [0.25, 0.3) is 0 Å². The second-order valence-corrected chi connectivity index (χ2v) is 7.68. The number of rotatable bonds is 6. The molecule has 1 aromatic carbocycles. The van der Waals surface area contributed by atoms with Crippen LogP contribution in [0.4, 0.5) is 0 Å². The molecule has 0 bridgehead atoms. The van der Waals surface area contributed by atoms with E-state index in [0.717, 1.165) is 18.8 Å². The number of fused-ring (bicyclic) bond motifs is 1. The smallest absolute Gasteiger partial charge is 0.302 e. The minimum absolute atomic E-state index is 0.154. The lowest BCUT2D eigenvalue weighted by Crippen LogP contribution is -2.14. The number of benzene rings is 1. The Morgan fingerprint density at radius 3 is 2.92 bits per heavy atom. The average molecular weight is 326 g/mol. The summed E-state index contributed by atoms with van der Waals surface area (Å²) in [6.07, 6.45) is 11.8. The highest BCUT2D eigenvalue weighted by Gasteiger charge is 2.27. The molecular formula is C22H30O2. The van der Waals surface area contributed by atoms with Gasteiger partial charge in [-0.05, 0) is 85.8 Å². The molecule has 0 N–H and O–H groups in total. The van der Waals surface area contributed by atoms with Crippen LogP contribution in [0.5, 0.6) is 0 Å². The van der Waals surface area contributed by atoms with E-state index >= 15 is 0 Å². The van der Waals surface area contributed by atoms with Crippen molar-refractivity contribution in [1.29, 1.82) is 0 Å². The lowest BCUT2D eigenvalue weighted by molar-refractivity contribution is -0.142. The van der Waals surface area contributed by atoms with Crippen molar-refractivity contribution >= 4 is 5.97 Å². The Bertz CT molecular complexity index is 590. The minimum Gasteiger partial charge on any atom is -0.466 e. The van der Waals surface area contributed by atoms with E-state index in [1.807, 2.05) is 6.08 Å². The minimum atomic E-state index is -0.154. The number of carbonyl (C=O) groups is 1. The number of hydrogen-bond donors (Lipinski definition) is 0. The van der Waals surface area contributed by atoms with Crippen molar-refractivity contribution in [1.82, 2.24) is 0 Å². The Morgan fingerprint density at radius 1 is 1.25 bits per heavy atom. The van der Waals surface area contributed by atoms with Crippen LogP contribution < -0.4 is 0 Å². The largest absolute Gasteiger partial charge is 0.466 e. The Kier molecular flexibility index (Phi) is 5.76. The summed E-state index contributed by atoms with van der Waals surface area (Å²) in [5.74, 6) is 1.87. The molecule has 3 atom stereocenters. The second kappa shape index (κ2) is 8.00. The number of aryl methyl sites for hydroxylation is 1. The highest BCUT2D eigenvalue weighted by Crippen LogP contribution is 2.40. The molecule has 2 aliphatic carbocycles. The van der Waals surface area contributed by atoms with Crippen LogP contribution in [0, 0.1) is 11.8 Å². The first-order valence-electron chi connectivity index (χ1n) is 9.51. The fourth-order valence-corrected chi connectivity index (χ4v) is 4.47. The second-order valence-electron chi connectivity index (χ2n) is 7.68. The molecule has 1 fully saturated rings. The molecule has 0 amide bonds. The third-order valence-corrected chi connectivity index (χ3v) is 5.87. The number of allylic oxidation sites excluding steroid dienone is 1. The van der Waals surface area contributed by atoms with Gasteiger partial charge >= 0.3 is 5.97 Å². The number of esters is 1. The normalized spacial score (nSPS) is 26.0. The maximum Gasteiger partial charge on any atom is 0.302 e. The van der Waals surface area contributed by atoms with Crippen LogP contribution in [-0.4, -0.2) is 12.6 Å². The Hall–Kier alpha value is -1.57. The molecule has 0 radical (unpaired) electrons. The molecule has 130 valence electrons. The summed E-state index contributed by atoms with van der Waals surface area (Å²) in [6.45, 7) is 5.94. The predicted octanol–water partition coefficient (Wildman–Crippen LogP) is 5.20. The van der Waals surface area contributed by atoms with Crippen LogP contribution in [0.2, 0.25) is 0 Å². The number of hydrogen-bond acceptors (Lipinski definition) is 2. The highest BCUT2D eigenvalue weighted by atomic mass is 16.5. The van der Waals surface area contributed by atoms with Crippen LogP contribution in [0.1, 0.15) is 68.1 Å². The van der Waals surface area contributed by atoms with E-state index in [9.17, 15) is 4.79 Å². The van der Waals surface area contributed by atoms with Crippen molar-refractivity contribution in [2.75, 3.05) is 6.61 Å². The molecule has 0 aliphatic heterocycles. The first-order chi connectivity index (χ1) is 11.7. The topological polar surface area (TPSA) is 26.3 Å². The van der Waals surface area contributed by atoms with Gasteiger partial charge < -0.3 is 4.74 Å². The summed E-state index contributed by atoms with van der Waals surface area (Å²) >= 11 is 0. The molecule has 2 nitrogen and oxygen atoms in total. The first-order valence-corrected chi connectivity index (χ1v) is 9.51. The number of ether oxygens (including phenoxy) is 1. The van der Waals surface area contributed by atoms with Gasteiger partial charge in [0.05, 0.1) is 6.61 Å². The zero-order valence-electron chi connectivity index (χ0n) is 14.9. The fourth-order valence-electron chi connectivity index (χ4n) is 4.47. The Labute approximate surface area is 146 Å². The van der Waals surface area contributed by atoms with Crippen molar-refractivity contribution in [3.05, 3.63) is 47.5 Å². The molecule has 24 heavy (non-hydrogen) atoms. The lowest BCUT2D eigenvalue weighted by Gasteiger charge is -2.25.